The van der Waals surface area contributed by atoms with Crippen LogP contribution >= 0.6 is 35.0 Å². The van der Waals surface area contributed by atoms with E-state index in [0.29, 0.717) is 16.3 Å². The van der Waals surface area contributed by atoms with Crippen LogP contribution in [0.1, 0.15) is 46.7 Å². The van der Waals surface area contributed by atoms with Gasteiger partial charge in [0.1, 0.15) is 23.2 Å². The second kappa shape index (κ2) is 9.45. The second-order valence-corrected chi connectivity index (χ2v) is 8.09. The summed E-state index contributed by atoms with van der Waals surface area (Å²) in [4.78, 5) is 18.2. The fraction of sp³-hybridized carbons (Fsp3) is 0.250. The third-order valence-corrected chi connectivity index (χ3v) is 5.76. The summed E-state index contributed by atoms with van der Waals surface area (Å²) in [6.45, 7) is 3.94. The van der Waals surface area contributed by atoms with E-state index in [2.05, 4.69) is 22.4 Å². The van der Waals surface area contributed by atoms with E-state index in [1.807, 2.05) is 25.1 Å². The number of carbonyl (C=O) groups is 1. The Morgan fingerprint density at radius 3 is 2.64 bits per heavy atom. The van der Waals surface area contributed by atoms with Gasteiger partial charge in [-0.15, -0.1) is 11.8 Å². The number of aromatic nitrogens is 2. The highest BCUT2D eigenvalue weighted by Crippen LogP contribution is 2.30. The van der Waals surface area contributed by atoms with Gasteiger partial charge in [0, 0.05) is 21.7 Å². The lowest BCUT2D eigenvalue weighted by molar-refractivity contribution is 0.0938. The summed E-state index contributed by atoms with van der Waals surface area (Å²) < 4.78 is 4.97. The summed E-state index contributed by atoms with van der Waals surface area (Å²) >= 11 is 13.9. The van der Waals surface area contributed by atoms with Crippen molar-refractivity contribution >= 4 is 40.9 Å². The van der Waals surface area contributed by atoms with Crippen molar-refractivity contribution in [2.24, 2.45) is 0 Å². The smallest absolute Gasteiger partial charge is 0.256 e. The Balaban J connectivity index is 1.96. The zero-order valence-corrected chi connectivity index (χ0v) is 17.7. The number of hydrogen-bond acceptors (Lipinski definition) is 5. The first kappa shape index (κ1) is 20.7. The van der Waals surface area contributed by atoms with Crippen molar-refractivity contribution < 1.29 is 9.32 Å². The molecule has 0 fully saturated rings. The van der Waals surface area contributed by atoms with Crippen LogP contribution in [0.5, 0.6) is 0 Å². The summed E-state index contributed by atoms with van der Waals surface area (Å²) in [7, 11) is 0. The third-order valence-electron chi connectivity index (χ3n) is 3.99. The lowest BCUT2D eigenvalue weighted by atomic mass is 10.0. The molecule has 2 heterocycles. The Kier molecular flexibility index (Phi) is 6.99. The van der Waals surface area contributed by atoms with Gasteiger partial charge in [-0.1, -0.05) is 47.4 Å². The van der Waals surface area contributed by atoms with Crippen LogP contribution in [0.3, 0.4) is 0 Å². The molecular weight excluding hydrogens is 417 g/mol. The molecule has 2 aromatic heterocycles. The summed E-state index contributed by atoms with van der Waals surface area (Å²) in [6.07, 6.45) is 2.45. The molecule has 1 amide bonds. The summed E-state index contributed by atoms with van der Waals surface area (Å²) in [6, 6.07) is 10.3. The predicted octanol–water partition coefficient (Wildman–Crippen LogP) is 5.71. The van der Waals surface area contributed by atoms with Gasteiger partial charge in [0.25, 0.3) is 5.91 Å². The number of amides is 1. The molecule has 3 aromatic rings. The maximum Gasteiger partial charge on any atom is 0.256 e. The van der Waals surface area contributed by atoms with E-state index in [1.165, 1.54) is 6.26 Å². The highest BCUT2D eigenvalue weighted by atomic mass is 35.5. The number of thioether (sulfide) groups is 1. The van der Waals surface area contributed by atoms with E-state index < -0.39 is 6.04 Å². The first-order chi connectivity index (χ1) is 13.5. The Labute approximate surface area is 177 Å². The molecule has 0 aliphatic carbocycles. The number of rotatable bonds is 7. The van der Waals surface area contributed by atoms with Crippen LogP contribution in [-0.4, -0.2) is 21.8 Å². The summed E-state index contributed by atoms with van der Waals surface area (Å²) in [5, 5.41) is 7.80. The van der Waals surface area contributed by atoms with Gasteiger partial charge in [-0.3, -0.25) is 4.79 Å². The van der Waals surface area contributed by atoms with Crippen LogP contribution < -0.4 is 5.32 Å². The Bertz CT molecular complexity index is 947. The third kappa shape index (κ3) is 4.87. The van der Waals surface area contributed by atoms with Crippen molar-refractivity contribution in [1.29, 1.82) is 0 Å². The monoisotopic (exact) mass is 435 g/mol. The number of carbonyl (C=O) groups excluding carboxylic acids is 1. The van der Waals surface area contributed by atoms with Crippen LogP contribution in [-0.2, 0) is 0 Å². The molecule has 0 saturated heterocycles. The van der Waals surface area contributed by atoms with Crippen molar-refractivity contribution in [3.05, 3.63) is 75.4 Å². The van der Waals surface area contributed by atoms with E-state index in [-0.39, 0.29) is 11.1 Å². The van der Waals surface area contributed by atoms with Crippen molar-refractivity contribution in [3.63, 3.8) is 0 Å². The maximum atomic E-state index is 13.2. The van der Waals surface area contributed by atoms with Crippen molar-refractivity contribution in [2.45, 2.75) is 31.2 Å². The molecule has 8 heteroatoms. The van der Waals surface area contributed by atoms with Crippen LogP contribution in [0.2, 0.25) is 10.2 Å². The van der Waals surface area contributed by atoms with E-state index in [9.17, 15) is 4.79 Å². The van der Waals surface area contributed by atoms with Crippen LogP contribution in [0.25, 0.3) is 0 Å². The van der Waals surface area contributed by atoms with Crippen LogP contribution in [0, 0.1) is 6.92 Å². The number of nitrogens with zero attached hydrogens (tertiary/aromatic N) is 2. The molecule has 0 bridgehead atoms. The molecule has 0 aliphatic rings. The molecule has 146 valence electrons. The summed E-state index contributed by atoms with van der Waals surface area (Å²) in [5.74, 6) is 0.559. The molecule has 3 rings (SSSR count). The Morgan fingerprint density at radius 1 is 1.25 bits per heavy atom. The number of hydrogen-bond donors (Lipinski definition) is 1. The summed E-state index contributed by atoms with van der Waals surface area (Å²) in [5.41, 5.74) is 2.54. The molecule has 1 N–H and O–H groups in total. The topological polar surface area (TPSA) is 68.0 Å². The van der Waals surface area contributed by atoms with Gasteiger partial charge in [0.2, 0.25) is 0 Å². The first-order valence-electron chi connectivity index (χ1n) is 8.76. The van der Waals surface area contributed by atoms with E-state index in [1.54, 1.807) is 30.0 Å². The highest BCUT2D eigenvalue weighted by molar-refractivity contribution is 7.99. The molecule has 1 atom stereocenters. The van der Waals surface area contributed by atoms with Crippen LogP contribution in [0.4, 0.5) is 0 Å². The molecule has 0 radical (unpaired) electrons. The normalized spacial score (nSPS) is 12.0. The highest BCUT2D eigenvalue weighted by Gasteiger charge is 2.24. The first-order valence-corrected chi connectivity index (χ1v) is 10.5. The molecule has 28 heavy (non-hydrogen) atoms. The van der Waals surface area contributed by atoms with E-state index >= 15 is 0 Å². The average Bonchev–Trinajstić information content (AvgIpc) is 3.19. The molecule has 5 nitrogen and oxygen atoms in total. The van der Waals surface area contributed by atoms with Gasteiger partial charge >= 0.3 is 0 Å². The second-order valence-electron chi connectivity index (χ2n) is 6.16. The van der Waals surface area contributed by atoms with Gasteiger partial charge < -0.3 is 9.84 Å². The SMILES string of the molecule is CCCSc1cc(C)nc(Cl)c1C(=O)NC(c1ccc(Cl)cc1)c1ccon1. The number of benzene rings is 1. The van der Waals surface area contributed by atoms with E-state index in [0.717, 1.165) is 28.3 Å². The average molecular weight is 436 g/mol. The zero-order chi connectivity index (χ0) is 20.1. The molecule has 1 aromatic carbocycles. The minimum Gasteiger partial charge on any atom is -0.364 e. The lowest BCUT2D eigenvalue weighted by Gasteiger charge is -2.19. The van der Waals surface area contributed by atoms with Gasteiger partial charge in [-0.05, 0) is 42.9 Å². The minimum absolute atomic E-state index is 0.186. The van der Waals surface area contributed by atoms with Gasteiger partial charge in [-0.2, -0.15) is 0 Å². The number of pyridine rings is 1. The van der Waals surface area contributed by atoms with Crippen molar-refractivity contribution in [3.8, 4) is 0 Å². The quantitative estimate of drug-likeness (QED) is 0.380. The largest absolute Gasteiger partial charge is 0.364 e. The lowest BCUT2D eigenvalue weighted by Crippen LogP contribution is -2.30. The van der Waals surface area contributed by atoms with Crippen molar-refractivity contribution in [2.75, 3.05) is 5.75 Å². The molecule has 1 unspecified atom stereocenters. The number of halogens is 2. The van der Waals surface area contributed by atoms with Crippen molar-refractivity contribution in [1.82, 2.24) is 15.5 Å². The molecule has 0 aliphatic heterocycles. The van der Waals surface area contributed by atoms with Gasteiger partial charge in [-0.25, -0.2) is 4.98 Å². The molecule has 0 saturated carbocycles. The number of nitrogens with one attached hydrogen (secondary N) is 1. The fourth-order valence-electron chi connectivity index (χ4n) is 2.70. The fourth-order valence-corrected chi connectivity index (χ4v) is 4.21. The maximum absolute atomic E-state index is 13.2. The van der Waals surface area contributed by atoms with Gasteiger partial charge in [0.05, 0.1) is 5.56 Å². The Hall–Kier alpha value is -2.02. The standard InChI is InChI=1S/C20H19Cl2N3O2S/c1-3-10-28-16-11-12(2)23-19(22)17(16)20(26)24-18(15-8-9-27-25-15)13-4-6-14(21)7-5-13/h4-9,11,18H,3,10H2,1-2H3,(H,24,26). The number of aryl methyl sites for hydroxylation is 1. The minimum atomic E-state index is -0.509. The van der Waals surface area contributed by atoms with Gasteiger partial charge in [0.15, 0.2) is 0 Å². The Morgan fingerprint density at radius 2 is 2.00 bits per heavy atom. The predicted molar refractivity (Wildman–Crippen MR) is 112 cm³/mol. The molecule has 0 spiro atoms. The van der Waals surface area contributed by atoms with Crippen LogP contribution in [0.15, 0.2) is 52.1 Å². The van der Waals surface area contributed by atoms with E-state index in [4.69, 9.17) is 27.7 Å². The molecular formula is C20H19Cl2N3O2S. The zero-order valence-electron chi connectivity index (χ0n) is 15.4.